The monoisotopic (exact) mass is 1020 g/mol. The molecule has 0 radical (unpaired) electrons. The van der Waals surface area contributed by atoms with Crippen LogP contribution in [0, 0.1) is 6.92 Å². The first kappa shape index (κ1) is 55.5. The van der Waals surface area contributed by atoms with Crippen molar-refractivity contribution in [3.05, 3.63) is 106 Å². The number of amides is 3. The molecule has 0 unspecified atom stereocenters. The lowest BCUT2D eigenvalue weighted by atomic mass is 9.84. The van der Waals surface area contributed by atoms with Crippen molar-refractivity contribution in [2.24, 2.45) is 15.9 Å². The highest BCUT2D eigenvalue weighted by molar-refractivity contribution is 7.89. The predicted octanol–water partition coefficient (Wildman–Crippen LogP) is 6.68. The minimum atomic E-state index is -4.44. The van der Waals surface area contributed by atoms with E-state index in [2.05, 4.69) is 81.3 Å². The van der Waals surface area contributed by atoms with E-state index in [4.69, 9.17) is 16.6 Å². The number of nitrogens with zero attached hydrogens (tertiary/aromatic N) is 4. The molecule has 0 fully saturated rings. The Hall–Kier alpha value is -5.41. The van der Waals surface area contributed by atoms with Gasteiger partial charge in [0.25, 0.3) is 10.1 Å². The van der Waals surface area contributed by atoms with Crippen LogP contribution in [0.1, 0.15) is 126 Å². The van der Waals surface area contributed by atoms with Crippen LogP contribution in [0.3, 0.4) is 0 Å². The molecule has 2 aliphatic rings. The highest BCUT2D eigenvalue weighted by Crippen LogP contribution is 2.47. The summed E-state index contributed by atoms with van der Waals surface area (Å²) in [7, 11) is -7.98. The van der Waals surface area contributed by atoms with E-state index >= 15 is 0 Å². The molecule has 0 bridgehead atoms. The molecule has 17 nitrogen and oxygen atoms in total. The van der Waals surface area contributed by atoms with E-state index in [-0.39, 0.29) is 27.9 Å². The second kappa shape index (κ2) is 25.1. The maximum atomic E-state index is 12.7. The minimum absolute atomic E-state index is 0.0135. The number of guanidine groups is 1. The van der Waals surface area contributed by atoms with Gasteiger partial charge < -0.3 is 27.0 Å². The molecular weight excluding hydrogens is 949 g/mol. The smallest absolute Gasteiger partial charge is 0.321 e. The summed E-state index contributed by atoms with van der Waals surface area (Å²) in [5.41, 5.74) is 17.6. The molecule has 3 heterocycles. The second-order valence-electron chi connectivity index (χ2n) is 18.8. The third kappa shape index (κ3) is 15.8. The van der Waals surface area contributed by atoms with Gasteiger partial charge in [0.1, 0.15) is 6.54 Å². The van der Waals surface area contributed by atoms with Gasteiger partial charge in [-0.2, -0.15) is 8.42 Å². The van der Waals surface area contributed by atoms with Crippen molar-refractivity contribution in [1.29, 1.82) is 0 Å². The number of nitrogens with one attached hydrogen (secondary N) is 3. The van der Waals surface area contributed by atoms with E-state index in [1.165, 1.54) is 29.0 Å². The number of carbonyl (C=O) groups is 2. The maximum absolute atomic E-state index is 12.7. The third-order valence-electron chi connectivity index (χ3n) is 12.8. The number of urea groups is 1. The van der Waals surface area contributed by atoms with E-state index in [1.54, 1.807) is 6.07 Å². The number of benzene rings is 2. The summed E-state index contributed by atoms with van der Waals surface area (Å²) in [6.45, 7) is 13.3. The summed E-state index contributed by atoms with van der Waals surface area (Å²) in [4.78, 5) is 36.5. The van der Waals surface area contributed by atoms with Gasteiger partial charge in [0.15, 0.2) is 16.6 Å². The van der Waals surface area contributed by atoms with Gasteiger partial charge in [-0.25, -0.2) is 27.9 Å². The molecule has 0 saturated heterocycles. The van der Waals surface area contributed by atoms with Gasteiger partial charge >= 0.3 is 6.03 Å². The molecule has 1 aromatic heterocycles. The zero-order valence-corrected chi connectivity index (χ0v) is 43.7. The Morgan fingerprint density at radius 2 is 1.60 bits per heavy atom. The van der Waals surface area contributed by atoms with Crippen molar-refractivity contribution in [2.45, 2.75) is 128 Å². The summed E-state index contributed by atoms with van der Waals surface area (Å²) in [6.07, 6.45) is 18.8. The topological polar surface area (TPSA) is 268 Å². The Kier molecular flexibility index (Phi) is 19.9. The molecule has 0 atom stereocenters. The van der Waals surface area contributed by atoms with E-state index < -0.39 is 31.7 Å². The average molecular weight is 1020 g/mol. The number of anilines is 2. The zero-order valence-electron chi connectivity index (χ0n) is 41.3. The number of hydrogen-bond acceptors (Lipinski definition) is 11. The van der Waals surface area contributed by atoms with Crippen LogP contribution in [-0.4, -0.2) is 93.0 Å². The fourth-order valence-corrected chi connectivity index (χ4v) is 11.1. The number of nitrogens with two attached hydrogens (primary N) is 3. The number of carbonyl (C=O) groups excluding carboxylic acids is 2. The number of unbranched alkanes of at least 4 members (excludes halogenated alkanes) is 6. The van der Waals surface area contributed by atoms with Gasteiger partial charge in [-0.05, 0) is 94.2 Å². The van der Waals surface area contributed by atoms with Gasteiger partial charge in [0, 0.05) is 86.2 Å². The van der Waals surface area contributed by atoms with Crippen molar-refractivity contribution in [1.82, 2.24) is 20.9 Å². The van der Waals surface area contributed by atoms with Crippen LogP contribution < -0.4 is 37.5 Å². The Morgan fingerprint density at radius 3 is 2.30 bits per heavy atom. The molecule has 2 aliphatic heterocycles. The molecular formula is C50H73N10O7S3+. The van der Waals surface area contributed by atoms with Gasteiger partial charge in [0.05, 0.1) is 21.9 Å². The number of thiazole rings is 1. The van der Waals surface area contributed by atoms with Crippen LogP contribution in [0.2, 0.25) is 0 Å². The number of nitrogen functional groups attached to an aromatic ring is 1. The first-order valence-electron chi connectivity index (χ1n) is 24.1. The van der Waals surface area contributed by atoms with Gasteiger partial charge in [-0.15, -0.1) is 11.3 Å². The van der Waals surface area contributed by atoms with E-state index in [9.17, 15) is 31.0 Å². The fraction of sp³-hybridized carbons (Fsp3) is 0.500. The van der Waals surface area contributed by atoms with Crippen LogP contribution in [0.5, 0.6) is 0 Å². The summed E-state index contributed by atoms with van der Waals surface area (Å²) >= 11 is 1.47. The normalized spacial score (nSPS) is 16.1. The average Bonchev–Trinajstić information content (AvgIpc) is 3.81. The number of aromatic nitrogens is 1. The van der Waals surface area contributed by atoms with Crippen LogP contribution in [0.25, 0.3) is 0 Å². The van der Waals surface area contributed by atoms with E-state index in [0.29, 0.717) is 57.1 Å². The third-order valence-corrected chi connectivity index (χ3v) is 15.5. The molecule has 2 aromatic carbocycles. The zero-order chi connectivity index (χ0) is 51.1. The highest BCUT2D eigenvalue weighted by atomic mass is 32.2. The van der Waals surface area contributed by atoms with Gasteiger partial charge in [-0.1, -0.05) is 63.1 Å². The number of hydrogen-bond donors (Lipinski definition) is 7. The van der Waals surface area contributed by atoms with Crippen LogP contribution in [0.4, 0.5) is 15.6 Å². The Morgan fingerprint density at radius 1 is 0.886 bits per heavy atom. The molecule has 10 N–H and O–H groups in total. The Bertz CT molecular complexity index is 2710. The summed E-state index contributed by atoms with van der Waals surface area (Å²) in [6, 6.07) is 12.6. The summed E-state index contributed by atoms with van der Waals surface area (Å²) in [5.74, 6) is 0.0233. The number of allylic oxidation sites excluding steroid dienone is 6. The van der Waals surface area contributed by atoms with Crippen LogP contribution in [-0.2, 0) is 42.3 Å². The number of primary sulfonamides is 1. The molecule has 0 saturated carbocycles. The molecule has 70 heavy (non-hydrogen) atoms. The Labute approximate surface area is 418 Å². The Balaban J connectivity index is 1.07. The molecule has 0 spiro atoms. The standard InChI is InChI=1S/C50H72N10O7S3/c1-36-43(68-47(52)57-36)24-20-31-55-46(51)58-48(62)56-30-16-7-6-15-29-54-45(61)26-12-9-17-33-60-41(38-35-37(70(65,66)67)27-28-39(38)50(60,4)5)22-10-8-11-25-44-49(2,3)40-21-13-14-23-42(40)59(44)32-18-19-34-69(53,63)64/h8,10-11,13-14,21-23,25,27-28,35H,6-7,9,12,15-20,24,26,29-34H2,1-5H3,(H9-,51,52,53,54,55,56,57,58,61,62,63,64,65,66,67)/p+1. The quantitative estimate of drug-likeness (QED) is 0.0111. The fourth-order valence-electron chi connectivity index (χ4n) is 9.09. The molecule has 382 valence electrons. The summed E-state index contributed by atoms with van der Waals surface area (Å²) < 4.78 is 59.8. The predicted molar refractivity (Wildman–Crippen MR) is 281 cm³/mol. The summed E-state index contributed by atoms with van der Waals surface area (Å²) in [5, 5.41) is 14.2. The lowest BCUT2D eigenvalue weighted by molar-refractivity contribution is -0.604. The van der Waals surface area contributed by atoms with Crippen molar-refractivity contribution < 1.29 is 35.6 Å². The lowest BCUT2D eigenvalue weighted by Crippen LogP contribution is -2.43. The number of para-hydroxylation sites is 1. The minimum Gasteiger partial charge on any atom is -0.375 e. The number of rotatable bonds is 26. The number of fused-ring (bicyclic) bond motifs is 2. The molecule has 5 rings (SSSR count). The second-order valence-corrected chi connectivity index (χ2v) is 23.1. The van der Waals surface area contributed by atoms with E-state index in [0.717, 1.165) is 96.6 Å². The molecule has 0 aliphatic carbocycles. The molecule has 3 amide bonds. The molecule has 3 aromatic rings. The largest absolute Gasteiger partial charge is 0.375 e. The number of aliphatic imine (C=N–C) groups is 1. The SMILES string of the molecule is Cc1nc(N)sc1CCCN=C(N)NC(=O)NCCCCCCNC(=O)CCCCC[N+]1=C(C=CC=CC=C2N(CCCCS(N)(=O)=O)c3ccccc3C2(C)C)c2cc(S(=O)(=O)O)ccc2C1(C)C. The van der Waals surface area contributed by atoms with Crippen molar-refractivity contribution in [3.63, 3.8) is 0 Å². The van der Waals surface area contributed by atoms with Crippen LogP contribution >= 0.6 is 11.3 Å². The number of aryl methyl sites for hydroxylation is 2. The van der Waals surface area contributed by atoms with Crippen molar-refractivity contribution >= 4 is 65.9 Å². The highest BCUT2D eigenvalue weighted by Gasteiger charge is 2.44. The number of sulfonamides is 1. The van der Waals surface area contributed by atoms with Crippen molar-refractivity contribution in [2.75, 3.05) is 49.1 Å². The van der Waals surface area contributed by atoms with E-state index in [1.807, 2.05) is 43.4 Å². The van der Waals surface area contributed by atoms with Crippen LogP contribution in [0.15, 0.2) is 88.4 Å². The first-order chi connectivity index (χ1) is 33.1. The first-order valence-corrected chi connectivity index (χ1v) is 28.1. The van der Waals surface area contributed by atoms with Crippen molar-refractivity contribution in [3.8, 4) is 0 Å². The van der Waals surface area contributed by atoms with Gasteiger partial charge in [-0.3, -0.25) is 19.7 Å². The molecule has 20 heteroatoms. The van der Waals surface area contributed by atoms with Gasteiger partial charge in [0.2, 0.25) is 21.6 Å². The maximum Gasteiger partial charge on any atom is 0.321 e. The lowest BCUT2D eigenvalue weighted by Gasteiger charge is -2.27.